The summed E-state index contributed by atoms with van der Waals surface area (Å²) in [6.07, 6.45) is 7.72. The van der Waals surface area contributed by atoms with E-state index in [9.17, 15) is 9.59 Å². The van der Waals surface area contributed by atoms with Crippen molar-refractivity contribution in [2.45, 2.75) is 109 Å². The molecule has 0 aromatic heterocycles. The molecule has 0 N–H and O–H groups in total. The fourth-order valence-corrected chi connectivity index (χ4v) is 6.34. The first kappa shape index (κ1) is 21.9. The number of halogens is 1. The van der Waals surface area contributed by atoms with Gasteiger partial charge in [-0.25, -0.2) is 0 Å². The average Bonchev–Trinajstić information content (AvgIpc) is 2.50. The first-order chi connectivity index (χ1) is 12.8. The number of ether oxygens (including phenoxy) is 2. The van der Waals surface area contributed by atoms with Gasteiger partial charge >= 0.3 is 11.9 Å². The minimum Gasteiger partial charge on any atom is -0.459 e. The lowest BCUT2D eigenvalue weighted by molar-refractivity contribution is -0.197. The van der Waals surface area contributed by atoms with Crippen LogP contribution in [0.1, 0.15) is 92.9 Å². The molecule has 0 saturated heterocycles. The summed E-state index contributed by atoms with van der Waals surface area (Å²) in [4.78, 5) is 24.7. The Kier molecular flexibility index (Phi) is 5.62. The second-order valence-electron chi connectivity index (χ2n) is 11.3. The van der Waals surface area contributed by atoms with Gasteiger partial charge in [0, 0.05) is 0 Å². The summed E-state index contributed by atoms with van der Waals surface area (Å²) in [6, 6.07) is 0. The van der Waals surface area contributed by atoms with Gasteiger partial charge in [0.25, 0.3) is 0 Å². The Morgan fingerprint density at radius 3 is 1.79 bits per heavy atom. The van der Waals surface area contributed by atoms with Crippen molar-refractivity contribution in [3.8, 4) is 0 Å². The van der Waals surface area contributed by atoms with Crippen LogP contribution >= 0.6 is 11.6 Å². The van der Waals surface area contributed by atoms with E-state index in [-0.39, 0.29) is 18.0 Å². The summed E-state index contributed by atoms with van der Waals surface area (Å²) in [5.74, 6) is 1.46. The second-order valence-corrected chi connectivity index (χ2v) is 12.1. The van der Waals surface area contributed by atoms with Crippen molar-refractivity contribution < 1.29 is 19.1 Å². The third-order valence-corrected chi connectivity index (χ3v) is 7.40. The van der Waals surface area contributed by atoms with Gasteiger partial charge < -0.3 is 9.47 Å². The van der Waals surface area contributed by atoms with Gasteiger partial charge in [-0.05, 0) is 104 Å². The molecule has 0 aliphatic heterocycles. The molecule has 28 heavy (non-hydrogen) atoms. The van der Waals surface area contributed by atoms with Crippen LogP contribution in [0.25, 0.3) is 0 Å². The van der Waals surface area contributed by atoms with E-state index in [1.807, 2.05) is 34.6 Å². The van der Waals surface area contributed by atoms with Crippen molar-refractivity contribution in [2.24, 2.45) is 23.2 Å². The Morgan fingerprint density at radius 1 is 0.929 bits per heavy atom. The van der Waals surface area contributed by atoms with Gasteiger partial charge in [0.1, 0.15) is 16.1 Å². The smallest absolute Gasteiger partial charge is 0.327 e. The summed E-state index contributed by atoms with van der Waals surface area (Å²) < 4.78 is 11.8. The molecular weight excluding hydrogens is 376 g/mol. The molecule has 2 unspecified atom stereocenters. The van der Waals surface area contributed by atoms with Crippen molar-refractivity contribution >= 4 is 23.5 Å². The molecule has 4 aliphatic carbocycles. The van der Waals surface area contributed by atoms with E-state index in [1.54, 1.807) is 6.92 Å². The number of hydrogen-bond donors (Lipinski definition) is 0. The average molecular weight is 413 g/mol. The lowest BCUT2D eigenvalue weighted by Crippen LogP contribution is -2.54. The topological polar surface area (TPSA) is 52.6 Å². The van der Waals surface area contributed by atoms with Crippen LogP contribution in [0.2, 0.25) is 0 Å². The van der Waals surface area contributed by atoms with E-state index >= 15 is 0 Å². The van der Waals surface area contributed by atoms with Crippen LogP contribution < -0.4 is 0 Å². The monoisotopic (exact) mass is 412 g/mol. The molecule has 2 atom stereocenters. The highest BCUT2D eigenvalue weighted by Crippen LogP contribution is 2.57. The predicted octanol–water partition coefficient (Wildman–Crippen LogP) is 5.64. The molecular formula is C23H37ClO4. The molecule has 0 amide bonds. The quantitative estimate of drug-likeness (QED) is 0.418. The van der Waals surface area contributed by atoms with Gasteiger partial charge in [0.15, 0.2) is 0 Å². The van der Waals surface area contributed by atoms with Gasteiger partial charge in [0.05, 0.1) is 5.41 Å². The first-order valence-electron chi connectivity index (χ1n) is 10.9. The van der Waals surface area contributed by atoms with Crippen LogP contribution in [0.4, 0.5) is 0 Å². The normalized spacial score (nSPS) is 35.8. The largest absolute Gasteiger partial charge is 0.459 e. The molecule has 4 saturated carbocycles. The molecule has 4 rings (SSSR count). The van der Waals surface area contributed by atoms with Crippen LogP contribution in [-0.2, 0) is 19.1 Å². The summed E-state index contributed by atoms with van der Waals surface area (Å²) >= 11 is 6.59. The van der Waals surface area contributed by atoms with E-state index in [0.717, 1.165) is 19.3 Å². The Bertz CT molecular complexity index is 598. The molecule has 0 spiro atoms. The molecule has 4 aliphatic rings. The molecule has 4 nitrogen and oxygen atoms in total. The standard InChI is InChI=1S/C23H37ClO4/c1-7-21(5,14-22(6,24)19(26)27-20(2,3)4)18(25)28-23-11-15-8-16(12-23)10-17(9-15)13-23/h15-17H,7-14H2,1-6H3. The molecule has 160 valence electrons. The van der Waals surface area contributed by atoms with Crippen LogP contribution in [0.15, 0.2) is 0 Å². The minimum absolute atomic E-state index is 0.201. The number of carbonyl (C=O) groups excluding carboxylic acids is 2. The summed E-state index contributed by atoms with van der Waals surface area (Å²) in [5, 5.41) is 0. The SMILES string of the molecule is CCC(C)(CC(C)(Cl)C(=O)OC(C)(C)C)C(=O)OC12CC3CC(CC(C3)C1)C2. The van der Waals surface area contributed by atoms with Crippen molar-refractivity contribution in [1.29, 1.82) is 0 Å². The summed E-state index contributed by atoms with van der Waals surface area (Å²) in [6.45, 7) is 10.9. The van der Waals surface area contributed by atoms with E-state index in [0.29, 0.717) is 24.2 Å². The summed E-state index contributed by atoms with van der Waals surface area (Å²) in [7, 11) is 0. The Morgan fingerprint density at radius 2 is 1.39 bits per heavy atom. The van der Waals surface area contributed by atoms with Crippen LogP contribution in [-0.4, -0.2) is 28.0 Å². The number of hydrogen-bond acceptors (Lipinski definition) is 4. The van der Waals surface area contributed by atoms with Crippen molar-refractivity contribution in [3.05, 3.63) is 0 Å². The zero-order valence-electron chi connectivity index (χ0n) is 18.4. The van der Waals surface area contributed by atoms with E-state index in [4.69, 9.17) is 21.1 Å². The maximum atomic E-state index is 13.3. The lowest BCUT2D eigenvalue weighted by atomic mass is 9.54. The van der Waals surface area contributed by atoms with Crippen LogP contribution in [0, 0.1) is 23.2 Å². The summed E-state index contributed by atoms with van der Waals surface area (Å²) in [5.41, 5.74) is -1.71. The fourth-order valence-electron chi connectivity index (χ4n) is 6.01. The highest BCUT2D eigenvalue weighted by molar-refractivity contribution is 6.33. The predicted molar refractivity (Wildman–Crippen MR) is 110 cm³/mol. The minimum atomic E-state index is -1.27. The van der Waals surface area contributed by atoms with Gasteiger partial charge in [-0.15, -0.1) is 11.6 Å². The third kappa shape index (κ3) is 4.52. The third-order valence-electron chi connectivity index (χ3n) is 7.11. The number of carbonyl (C=O) groups is 2. The zero-order valence-corrected chi connectivity index (χ0v) is 19.2. The molecule has 4 fully saturated rings. The number of esters is 2. The number of rotatable bonds is 6. The maximum absolute atomic E-state index is 13.3. The van der Waals surface area contributed by atoms with E-state index in [2.05, 4.69) is 0 Å². The van der Waals surface area contributed by atoms with Crippen molar-refractivity contribution in [2.75, 3.05) is 0 Å². The Labute approximate surface area is 175 Å². The zero-order chi connectivity index (χ0) is 21.0. The van der Waals surface area contributed by atoms with E-state index < -0.39 is 21.9 Å². The molecule has 5 heteroatoms. The molecule has 0 aromatic rings. The van der Waals surface area contributed by atoms with Gasteiger partial charge in [0.2, 0.25) is 0 Å². The van der Waals surface area contributed by atoms with Gasteiger partial charge in [-0.3, -0.25) is 9.59 Å². The molecule has 0 radical (unpaired) electrons. The van der Waals surface area contributed by atoms with E-state index in [1.165, 1.54) is 19.3 Å². The molecule has 4 bridgehead atoms. The highest BCUT2D eigenvalue weighted by Gasteiger charge is 2.55. The first-order valence-corrected chi connectivity index (χ1v) is 11.3. The van der Waals surface area contributed by atoms with Crippen LogP contribution in [0.3, 0.4) is 0 Å². The maximum Gasteiger partial charge on any atom is 0.327 e. The van der Waals surface area contributed by atoms with Crippen molar-refractivity contribution in [1.82, 2.24) is 0 Å². The number of alkyl halides is 1. The Balaban J connectivity index is 1.71. The van der Waals surface area contributed by atoms with Gasteiger partial charge in [-0.1, -0.05) is 6.92 Å². The molecule has 0 aromatic carbocycles. The highest BCUT2D eigenvalue weighted by atomic mass is 35.5. The van der Waals surface area contributed by atoms with Crippen LogP contribution in [0.5, 0.6) is 0 Å². The fraction of sp³-hybridized carbons (Fsp3) is 0.913. The lowest BCUT2D eigenvalue weighted by Gasteiger charge is -2.56. The van der Waals surface area contributed by atoms with Crippen molar-refractivity contribution in [3.63, 3.8) is 0 Å². The Hall–Kier alpha value is -0.770. The second kappa shape index (κ2) is 7.18. The van der Waals surface area contributed by atoms with Gasteiger partial charge in [-0.2, -0.15) is 0 Å². The molecule has 0 heterocycles.